The molecule has 2 aliphatic carbocycles. The van der Waals surface area contributed by atoms with Crippen molar-refractivity contribution < 1.29 is 14.4 Å². The molecule has 6 heteroatoms. The number of carbonyl (C=O) groups excluding carboxylic acids is 1. The number of ether oxygens (including phenoxy) is 1. The average molecular weight is 349 g/mol. The summed E-state index contributed by atoms with van der Waals surface area (Å²) in [6, 6.07) is 0.722. The zero-order valence-corrected chi connectivity index (χ0v) is 15.7. The lowest BCUT2D eigenvalue weighted by Gasteiger charge is -2.49. The third-order valence-electron chi connectivity index (χ3n) is 7.00. The first-order valence-electron chi connectivity index (χ1n) is 9.86. The molecule has 0 bridgehead atoms. The normalized spacial score (nSPS) is 40.1. The Morgan fingerprint density at radius 2 is 1.96 bits per heavy atom. The molecule has 2 saturated heterocycles. The second-order valence-electron chi connectivity index (χ2n) is 8.36. The maximum Gasteiger partial charge on any atom is 0.409 e. The molecule has 4 aliphatic rings. The van der Waals surface area contributed by atoms with Crippen LogP contribution in [0, 0.1) is 23.2 Å². The zero-order valence-electron chi connectivity index (χ0n) is 15.7. The van der Waals surface area contributed by atoms with Gasteiger partial charge in [0, 0.05) is 38.1 Å². The summed E-state index contributed by atoms with van der Waals surface area (Å²) in [5, 5.41) is 4.24. The highest BCUT2D eigenvalue weighted by atomic mass is 16.6. The lowest BCUT2D eigenvalue weighted by Crippen LogP contribution is -2.52. The molecule has 0 aromatic heterocycles. The molecule has 2 aliphatic heterocycles. The van der Waals surface area contributed by atoms with Crippen LogP contribution in [0.5, 0.6) is 0 Å². The van der Waals surface area contributed by atoms with Crippen molar-refractivity contribution in [1.82, 2.24) is 9.80 Å². The molecule has 0 radical (unpaired) electrons. The molecule has 140 valence electrons. The van der Waals surface area contributed by atoms with Gasteiger partial charge in [-0.15, -0.1) is 0 Å². The number of rotatable bonds is 5. The summed E-state index contributed by atoms with van der Waals surface area (Å²) in [5.41, 5.74) is 1.62. The predicted octanol–water partition coefficient (Wildman–Crippen LogP) is 2.59. The topological polar surface area (TPSA) is 54.4 Å². The van der Waals surface area contributed by atoms with Crippen LogP contribution in [0.3, 0.4) is 0 Å². The van der Waals surface area contributed by atoms with Gasteiger partial charge in [-0.2, -0.15) is 0 Å². The maximum absolute atomic E-state index is 11.9. The van der Waals surface area contributed by atoms with Crippen molar-refractivity contribution in [3.63, 3.8) is 0 Å². The Morgan fingerprint density at radius 3 is 2.56 bits per heavy atom. The van der Waals surface area contributed by atoms with Crippen molar-refractivity contribution in [2.75, 3.05) is 39.9 Å². The molecule has 1 amide bonds. The number of piperidine rings is 1. The van der Waals surface area contributed by atoms with E-state index in [4.69, 9.17) is 9.57 Å². The van der Waals surface area contributed by atoms with Gasteiger partial charge in [0.1, 0.15) is 7.11 Å². The van der Waals surface area contributed by atoms with Crippen LogP contribution < -0.4 is 0 Å². The van der Waals surface area contributed by atoms with Gasteiger partial charge in [-0.3, -0.25) is 4.90 Å². The van der Waals surface area contributed by atoms with Crippen LogP contribution in [0.25, 0.3) is 0 Å². The molecule has 1 spiro atoms. The lowest BCUT2D eigenvalue weighted by atomic mass is 9.64. The van der Waals surface area contributed by atoms with E-state index in [0.29, 0.717) is 17.9 Å². The van der Waals surface area contributed by atoms with Crippen LogP contribution in [0.2, 0.25) is 0 Å². The van der Waals surface area contributed by atoms with E-state index >= 15 is 0 Å². The largest absolute Gasteiger partial charge is 0.450 e. The SMILES string of the molecule is CCOC(=O)N1CCC2(CC(N3C[C@@H]4[C@H](C3)[C@@H]4C(CC)=NOC)C2)C1. The Bertz CT molecular complexity index is 546. The molecule has 3 atom stereocenters. The molecular formula is C19H31N3O3. The summed E-state index contributed by atoms with van der Waals surface area (Å²) in [6.07, 6.45) is 4.52. The number of fused-ring (bicyclic) bond motifs is 1. The molecule has 0 aromatic rings. The van der Waals surface area contributed by atoms with E-state index in [2.05, 4.69) is 17.0 Å². The first kappa shape index (κ1) is 17.1. The molecule has 2 heterocycles. The highest BCUT2D eigenvalue weighted by Crippen LogP contribution is 2.57. The number of amides is 1. The minimum absolute atomic E-state index is 0.127. The van der Waals surface area contributed by atoms with Crippen molar-refractivity contribution in [2.24, 2.45) is 28.3 Å². The number of hydrogen-bond donors (Lipinski definition) is 0. The smallest absolute Gasteiger partial charge is 0.409 e. The number of oxime groups is 1. The Balaban J connectivity index is 1.24. The summed E-state index contributed by atoms with van der Waals surface area (Å²) >= 11 is 0. The van der Waals surface area contributed by atoms with Crippen molar-refractivity contribution in [3.8, 4) is 0 Å². The van der Waals surface area contributed by atoms with Crippen LogP contribution >= 0.6 is 0 Å². The molecule has 0 N–H and O–H groups in total. The molecule has 0 unspecified atom stereocenters. The molecule has 4 rings (SSSR count). The van der Waals surface area contributed by atoms with Gasteiger partial charge in [0.05, 0.1) is 12.3 Å². The molecule has 4 fully saturated rings. The second-order valence-corrected chi connectivity index (χ2v) is 8.36. The van der Waals surface area contributed by atoms with Crippen LogP contribution in [0.15, 0.2) is 5.16 Å². The third kappa shape index (κ3) is 2.92. The maximum atomic E-state index is 11.9. The van der Waals surface area contributed by atoms with Crippen LogP contribution in [-0.2, 0) is 9.57 Å². The minimum Gasteiger partial charge on any atom is -0.450 e. The van der Waals surface area contributed by atoms with E-state index in [1.54, 1.807) is 7.11 Å². The lowest BCUT2D eigenvalue weighted by molar-refractivity contribution is 0.0115. The van der Waals surface area contributed by atoms with Gasteiger partial charge in [0.25, 0.3) is 0 Å². The standard InChI is InChI=1S/C19H31N3O3/c1-4-16(20-24-3)17-14-10-22(11-15(14)17)13-8-19(9-13)6-7-21(12-19)18(23)25-5-2/h13-15,17H,4-12H2,1-3H3/t13?,14-,15+,17-,19?. The number of carbonyl (C=O) groups is 1. The molecule has 25 heavy (non-hydrogen) atoms. The molecule has 0 aromatic carbocycles. The third-order valence-corrected chi connectivity index (χ3v) is 7.00. The first-order valence-corrected chi connectivity index (χ1v) is 9.86. The minimum atomic E-state index is -0.127. The fraction of sp³-hybridized carbons (Fsp3) is 0.895. The Morgan fingerprint density at radius 1 is 1.24 bits per heavy atom. The second kappa shape index (κ2) is 6.45. The van der Waals surface area contributed by atoms with Crippen molar-refractivity contribution in [1.29, 1.82) is 0 Å². The Hall–Kier alpha value is -1.30. The fourth-order valence-electron chi connectivity index (χ4n) is 5.67. The molecule has 6 nitrogen and oxygen atoms in total. The van der Waals surface area contributed by atoms with Gasteiger partial charge in [-0.25, -0.2) is 4.79 Å². The number of nitrogens with zero attached hydrogens (tertiary/aromatic N) is 3. The summed E-state index contributed by atoms with van der Waals surface area (Å²) < 4.78 is 5.15. The van der Waals surface area contributed by atoms with E-state index < -0.39 is 0 Å². The Kier molecular flexibility index (Phi) is 4.42. The summed E-state index contributed by atoms with van der Waals surface area (Å²) in [7, 11) is 1.65. The van der Waals surface area contributed by atoms with Crippen molar-refractivity contribution >= 4 is 11.8 Å². The molecular weight excluding hydrogens is 318 g/mol. The fourth-order valence-corrected chi connectivity index (χ4v) is 5.67. The van der Waals surface area contributed by atoms with Crippen molar-refractivity contribution in [2.45, 2.75) is 45.6 Å². The van der Waals surface area contributed by atoms with Crippen LogP contribution in [0.1, 0.15) is 39.5 Å². The van der Waals surface area contributed by atoms with E-state index in [1.807, 2.05) is 11.8 Å². The number of hydrogen-bond acceptors (Lipinski definition) is 5. The van der Waals surface area contributed by atoms with Gasteiger partial charge < -0.3 is 14.5 Å². The van der Waals surface area contributed by atoms with Gasteiger partial charge in [-0.05, 0) is 49.9 Å². The summed E-state index contributed by atoms with van der Waals surface area (Å²) in [6.45, 7) is 8.72. The van der Waals surface area contributed by atoms with Gasteiger partial charge in [-0.1, -0.05) is 12.1 Å². The van der Waals surface area contributed by atoms with E-state index in [9.17, 15) is 4.79 Å². The van der Waals surface area contributed by atoms with E-state index in [0.717, 1.165) is 43.8 Å². The quantitative estimate of drug-likeness (QED) is 0.565. The predicted molar refractivity (Wildman–Crippen MR) is 95.4 cm³/mol. The summed E-state index contributed by atoms with van der Waals surface area (Å²) in [5.74, 6) is 2.26. The van der Waals surface area contributed by atoms with Crippen molar-refractivity contribution in [3.05, 3.63) is 0 Å². The zero-order chi connectivity index (χ0) is 17.6. The first-order chi connectivity index (χ1) is 12.1. The summed E-state index contributed by atoms with van der Waals surface area (Å²) in [4.78, 5) is 21.5. The monoisotopic (exact) mass is 349 g/mol. The Labute approximate surface area is 150 Å². The molecule has 2 saturated carbocycles. The van der Waals surface area contributed by atoms with E-state index in [1.165, 1.54) is 31.6 Å². The van der Waals surface area contributed by atoms with Gasteiger partial charge in [0.2, 0.25) is 0 Å². The van der Waals surface area contributed by atoms with Crippen LogP contribution in [-0.4, -0.2) is 67.5 Å². The highest BCUT2D eigenvalue weighted by molar-refractivity contribution is 5.89. The van der Waals surface area contributed by atoms with Crippen LogP contribution in [0.4, 0.5) is 4.79 Å². The highest BCUT2D eigenvalue weighted by Gasteiger charge is 2.61. The number of likely N-dealkylation sites (tertiary alicyclic amines) is 2. The van der Waals surface area contributed by atoms with Gasteiger partial charge >= 0.3 is 6.09 Å². The van der Waals surface area contributed by atoms with E-state index in [-0.39, 0.29) is 6.09 Å². The average Bonchev–Trinajstić information content (AvgIpc) is 2.94. The van der Waals surface area contributed by atoms with Gasteiger partial charge in [0.15, 0.2) is 0 Å².